The third kappa shape index (κ3) is 3.53. The van der Waals surface area contributed by atoms with Crippen LogP contribution in [0.15, 0.2) is 35.1 Å². The number of halogens is 3. The maximum atomic E-state index is 15.0. The number of nitrogens with one attached hydrogen (secondary N) is 2. The van der Waals surface area contributed by atoms with Gasteiger partial charge in [0.05, 0.1) is 28.2 Å². The van der Waals surface area contributed by atoms with E-state index in [2.05, 4.69) is 31.2 Å². The summed E-state index contributed by atoms with van der Waals surface area (Å²) in [6, 6.07) is 6.82. The highest BCUT2D eigenvalue weighted by atomic mass is 79.9. The number of nitrogens with zero attached hydrogens (tertiary/aromatic N) is 1. The van der Waals surface area contributed by atoms with Crippen LogP contribution >= 0.6 is 27.5 Å². The Morgan fingerprint density at radius 3 is 2.96 bits per heavy atom. The number of aldehydes is 1. The number of benzene rings is 2. The van der Waals surface area contributed by atoms with E-state index < -0.39 is 11.9 Å². The summed E-state index contributed by atoms with van der Waals surface area (Å²) in [5.74, 6) is -0.584. The molecular weight excluding hydrogens is 413 g/mol. The van der Waals surface area contributed by atoms with Gasteiger partial charge in [-0.2, -0.15) is 0 Å². The van der Waals surface area contributed by atoms with E-state index in [0.717, 1.165) is 4.47 Å². The summed E-state index contributed by atoms with van der Waals surface area (Å²) in [6.45, 7) is 2.07. The topological polar surface area (TPSA) is 67.0 Å². The lowest BCUT2D eigenvalue weighted by Crippen LogP contribution is -2.10. The monoisotopic (exact) mass is 425 g/mol. The van der Waals surface area contributed by atoms with Gasteiger partial charge in [0, 0.05) is 16.6 Å². The second kappa shape index (κ2) is 7.51. The van der Waals surface area contributed by atoms with Crippen molar-refractivity contribution in [3.63, 3.8) is 0 Å². The summed E-state index contributed by atoms with van der Waals surface area (Å²) in [7, 11) is 0. The Kier molecular flexibility index (Phi) is 5.36. The molecule has 2 N–H and O–H groups in total. The molecule has 0 aliphatic carbocycles. The molecule has 0 spiro atoms. The molecule has 3 rings (SSSR count). The van der Waals surface area contributed by atoms with Crippen LogP contribution in [0.5, 0.6) is 0 Å². The van der Waals surface area contributed by atoms with E-state index in [9.17, 15) is 4.79 Å². The highest BCUT2D eigenvalue weighted by molar-refractivity contribution is 9.10. The maximum Gasteiger partial charge on any atom is 0.174 e. The van der Waals surface area contributed by atoms with Crippen molar-refractivity contribution in [3.8, 4) is 0 Å². The van der Waals surface area contributed by atoms with E-state index in [1.165, 1.54) is 6.33 Å². The zero-order valence-electron chi connectivity index (χ0n) is 13.1. The van der Waals surface area contributed by atoms with Gasteiger partial charge in [-0.3, -0.25) is 0 Å². The van der Waals surface area contributed by atoms with Crippen LogP contribution in [0.1, 0.15) is 18.6 Å². The average molecular weight is 427 g/mol. The molecule has 25 heavy (non-hydrogen) atoms. The average Bonchev–Trinajstić information content (AvgIpc) is 3.06. The number of carbonyl (C=O) groups is 1. The first-order valence-electron chi connectivity index (χ1n) is 7.49. The Balaban J connectivity index is 2.16. The van der Waals surface area contributed by atoms with Gasteiger partial charge in [-0.25, -0.2) is 9.37 Å². The van der Waals surface area contributed by atoms with Crippen LogP contribution in [0.25, 0.3) is 11.0 Å². The van der Waals surface area contributed by atoms with Gasteiger partial charge in [0.1, 0.15) is 11.6 Å². The van der Waals surface area contributed by atoms with Crippen LogP contribution in [0.3, 0.4) is 0 Å². The van der Waals surface area contributed by atoms with Crippen molar-refractivity contribution in [2.45, 2.75) is 13.0 Å². The van der Waals surface area contributed by atoms with Gasteiger partial charge in [-0.1, -0.05) is 27.5 Å². The van der Waals surface area contributed by atoms with Crippen LogP contribution in [0.4, 0.5) is 15.8 Å². The number of H-pyrrole nitrogens is 1. The van der Waals surface area contributed by atoms with E-state index in [0.29, 0.717) is 34.7 Å². The molecule has 0 saturated heterocycles. The molecule has 0 saturated carbocycles. The highest BCUT2D eigenvalue weighted by Gasteiger charge is 2.22. The fraction of sp³-hybridized carbons (Fsp3) is 0.176. The summed E-state index contributed by atoms with van der Waals surface area (Å²) in [6.07, 6.45) is 1.11. The number of hydrogen-bond donors (Lipinski definition) is 2. The molecule has 3 aromatic rings. The van der Waals surface area contributed by atoms with Crippen molar-refractivity contribution in [1.29, 1.82) is 0 Å². The Hall–Kier alpha value is -1.96. The number of carbonyl (C=O) groups excluding carboxylic acids is 1. The minimum Gasteiger partial charge on any atom is -0.366 e. The molecule has 0 amide bonds. The van der Waals surface area contributed by atoms with Gasteiger partial charge in [-0.05, 0) is 31.2 Å². The summed E-state index contributed by atoms with van der Waals surface area (Å²) in [5.41, 5.74) is 1.62. The Labute approximate surface area is 156 Å². The third-order valence-corrected chi connectivity index (χ3v) is 4.46. The first-order valence-corrected chi connectivity index (χ1v) is 8.66. The second-order valence-corrected chi connectivity index (χ2v) is 6.54. The van der Waals surface area contributed by atoms with Crippen molar-refractivity contribution in [3.05, 3.63) is 51.5 Å². The molecular formula is C17H14BrClFN3O2. The zero-order valence-corrected chi connectivity index (χ0v) is 15.5. The van der Waals surface area contributed by atoms with E-state index in [1.807, 2.05) is 0 Å². The maximum absolute atomic E-state index is 15.0. The van der Waals surface area contributed by atoms with Crippen LogP contribution < -0.4 is 5.32 Å². The van der Waals surface area contributed by atoms with Crippen molar-refractivity contribution >= 4 is 56.2 Å². The van der Waals surface area contributed by atoms with E-state index in [1.54, 1.807) is 31.2 Å². The van der Waals surface area contributed by atoms with Gasteiger partial charge in [0.25, 0.3) is 0 Å². The number of fused-ring (bicyclic) bond motifs is 1. The molecule has 1 atom stereocenters. The van der Waals surface area contributed by atoms with Crippen molar-refractivity contribution in [2.75, 3.05) is 11.9 Å². The number of imidazole rings is 1. The Morgan fingerprint density at radius 1 is 1.48 bits per heavy atom. The second-order valence-electron chi connectivity index (χ2n) is 5.21. The lowest BCUT2D eigenvalue weighted by atomic mass is 10.1. The molecule has 0 fully saturated rings. The number of aromatic amines is 1. The first kappa shape index (κ1) is 17.8. The SMILES string of the molecule is CCOC(C=O)c1cc2[nH]cnc2c(F)c1Nc1ccc(Br)cc1Cl. The molecule has 0 bridgehead atoms. The Morgan fingerprint density at radius 2 is 2.28 bits per heavy atom. The smallest absolute Gasteiger partial charge is 0.174 e. The Bertz CT molecular complexity index is 932. The van der Waals surface area contributed by atoms with E-state index >= 15 is 4.39 Å². The summed E-state index contributed by atoms with van der Waals surface area (Å²) >= 11 is 9.54. The van der Waals surface area contributed by atoms with Crippen LogP contribution in [0, 0.1) is 5.82 Å². The van der Waals surface area contributed by atoms with Crippen molar-refractivity contribution in [1.82, 2.24) is 9.97 Å². The molecule has 2 aromatic carbocycles. The summed E-state index contributed by atoms with van der Waals surface area (Å²) in [5, 5.41) is 3.37. The summed E-state index contributed by atoms with van der Waals surface area (Å²) in [4.78, 5) is 18.3. The molecule has 0 aliphatic rings. The van der Waals surface area contributed by atoms with Crippen molar-refractivity contribution in [2.24, 2.45) is 0 Å². The van der Waals surface area contributed by atoms with E-state index in [4.69, 9.17) is 16.3 Å². The fourth-order valence-electron chi connectivity index (χ4n) is 2.52. The number of anilines is 2. The van der Waals surface area contributed by atoms with Gasteiger partial charge < -0.3 is 19.8 Å². The van der Waals surface area contributed by atoms with Gasteiger partial charge in [0.15, 0.2) is 12.1 Å². The van der Waals surface area contributed by atoms with Crippen LogP contribution in [-0.2, 0) is 9.53 Å². The lowest BCUT2D eigenvalue weighted by Gasteiger charge is -2.18. The molecule has 1 heterocycles. The van der Waals surface area contributed by atoms with Gasteiger partial charge in [0.2, 0.25) is 0 Å². The molecule has 0 aliphatic heterocycles. The molecule has 1 unspecified atom stereocenters. The number of aromatic nitrogens is 2. The first-order chi connectivity index (χ1) is 12.0. The van der Waals surface area contributed by atoms with Crippen molar-refractivity contribution < 1.29 is 13.9 Å². The fourth-order valence-corrected chi connectivity index (χ4v) is 3.24. The largest absolute Gasteiger partial charge is 0.366 e. The predicted molar refractivity (Wildman–Crippen MR) is 98.9 cm³/mol. The number of hydrogen-bond acceptors (Lipinski definition) is 4. The molecule has 5 nitrogen and oxygen atoms in total. The lowest BCUT2D eigenvalue weighted by molar-refractivity contribution is -0.118. The number of rotatable bonds is 6. The zero-order chi connectivity index (χ0) is 18.0. The number of ether oxygens (including phenoxy) is 1. The highest BCUT2D eigenvalue weighted by Crippen LogP contribution is 2.36. The third-order valence-electron chi connectivity index (χ3n) is 3.65. The van der Waals surface area contributed by atoms with Gasteiger partial charge >= 0.3 is 0 Å². The summed E-state index contributed by atoms with van der Waals surface area (Å²) < 4.78 is 21.3. The minimum atomic E-state index is -0.913. The molecule has 0 radical (unpaired) electrons. The molecule has 1 aromatic heterocycles. The van der Waals surface area contributed by atoms with Crippen LogP contribution in [0.2, 0.25) is 5.02 Å². The quantitative estimate of drug-likeness (QED) is 0.536. The van der Waals surface area contributed by atoms with E-state index in [-0.39, 0.29) is 11.2 Å². The molecule has 8 heteroatoms. The standard InChI is InChI=1S/C17H14BrClFN3O2/c1-2-25-14(7-24)10-6-13-17(22-8-21-13)15(20)16(10)23-12-4-3-9(18)5-11(12)19/h3-8,14,23H,2H2,1H3,(H,21,22). The predicted octanol–water partition coefficient (Wildman–Crippen LogP) is 5.14. The minimum absolute atomic E-state index is 0.106. The van der Waals surface area contributed by atoms with Gasteiger partial charge in [-0.15, -0.1) is 0 Å². The normalized spacial score (nSPS) is 12.3. The van der Waals surface area contributed by atoms with Crippen LogP contribution in [-0.4, -0.2) is 22.9 Å². The molecule has 130 valence electrons.